The van der Waals surface area contributed by atoms with Crippen molar-refractivity contribution in [3.05, 3.63) is 42.2 Å². The Bertz CT molecular complexity index is 551. The molecule has 1 heterocycles. The molecule has 0 bridgehead atoms. The van der Waals surface area contributed by atoms with Crippen LogP contribution in [0.15, 0.2) is 36.5 Å². The zero-order valence-electron chi connectivity index (χ0n) is 9.74. The normalized spacial score (nSPS) is 10.1. The van der Waals surface area contributed by atoms with Gasteiger partial charge < -0.3 is 14.6 Å². The molecular weight excluding hydrogens is 236 g/mol. The molecule has 2 aromatic rings. The Morgan fingerprint density at radius 3 is 2.83 bits per heavy atom. The summed E-state index contributed by atoms with van der Waals surface area (Å²) in [7, 11) is 1.58. The minimum atomic E-state index is -1.06. The number of aromatic nitrogens is 2. The highest BCUT2D eigenvalue weighted by Gasteiger charge is 2.06. The third kappa shape index (κ3) is 2.79. The number of hydrogen-bond donors (Lipinski definition) is 1. The number of rotatable bonds is 5. The zero-order valence-corrected chi connectivity index (χ0v) is 9.74. The Balaban J connectivity index is 1.99. The van der Waals surface area contributed by atoms with Crippen LogP contribution in [0.4, 0.5) is 0 Å². The summed E-state index contributed by atoms with van der Waals surface area (Å²) in [4.78, 5) is 10.6. The number of carboxylic acid groups (broad SMARTS) is 1. The fourth-order valence-electron chi connectivity index (χ4n) is 1.38. The van der Waals surface area contributed by atoms with Gasteiger partial charge in [0.05, 0.1) is 7.11 Å². The third-order valence-corrected chi connectivity index (χ3v) is 2.26. The van der Waals surface area contributed by atoms with Crippen LogP contribution in [-0.4, -0.2) is 28.0 Å². The van der Waals surface area contributed by atoms with Gasteiger partial charge in [-0.15, -0.1) is 0 Å². The van der Waals surface area contributed by atoms with Crippen molar-refractivity contribution in [3.63, 3.8) is 0 Å². The number of nitrogens with zero attached hydrogens (tertiary/aromatic N) is 2. The van der Waals surface area contributed by atoms with Crippen molar-refractivity contribution in [2.75, 3.05) is 7.11 Å². The molecule has 0 fully saturated rings. The number of methoxy groups -OCH3 is 1. The molecule has 2 rings (SSSR count). The lowest BCUT2D eigenvalue weighted by Gasteiger charge is -2.07. The summed E-state index contributed by atoms with van der Waals surface area (Å²) in [5.74, 6) is 0.260. The summed E-state index contributed by atoms with van der Waals surface area (Å²) in [6.45, 7) is 0.139. The molecule has 0 unspecified atom stereocenters. The molecule has 0 radical (unpaired) electrons. The average Bonchev–Trinajstić information content (AvgIpc) is 2.85. The van der Waals surface area contributed by atoms with E-state index >= 15 is 0 Å². The maximum absolute atomic E-state index is 10.6. The average molecular weight is 248 g/mol. The van der Waals surface area contributed by atoms with Gasteiger partial charge in [-0.3, -0.25) is 0 Å². The van der Waals surface area contributed by atoms with Crippen LogP contribution in [0.5, 0.6) is 11.5 Å². The molecule has 0 aliphatic rings. The van der Waals surface area contributed by atoms with Gasteiger partial charge in [-0.2, -0.15) is 5.10 Å². The SMILES string of the molecule is COc1cccc(OCn2ccc(C(=O)O)n2)c1. The minimum absolute atomic E-state index is 0.00996. The second-order valence-electron chi connectivity index (χ2n) is 3.50. The first-order valence-electron chi connectivity index (χ1n) is 5.22. The number of ether oxygens (including phenoxy) is 2. The summed E-state index contributed by atoms with van der Waals surface area (Å²) in [6.07, 6.45) is 1.55. The lowest BCUT2D eigenvalue weighted by atomic mass is 10.3. The molecular formula is C12H12N2O4. The maximum atomic E-state index is 10.6. The standard InChI is InChI=1S/C12H12N2O4/c1-17-9-3-2-4-10(7-9)18-8-14-6-5-11(13-14)12(15)16/h2-7H,8H2,1H3,(H,15,16). The predicted molar refractivity (Wildman–Crippen MR) is 62.8 cm³/mol. The van der Waals surface area contributed by atoms with Gasteiger partial charge in [-0.25, -0.2) is 9.48 Å². The Hall–Kier alpha value is -2.50. The molecule has 1 aromatic carbocycles. The van der Waals surface area contributed by atoms with Gasteiger partial charge in [-0.1, -0.05) is 6.07 Å². The monoisotopic (exact) mass is 248 g/mol. The fourth-order valence-corrected chi connectivity index (χ4v) is 1.38. The summed E-state index contributed by atoms with van der Waals surface area (Å²) in [6, 6.07) is 8.55. The molecule has 0 aliphatic carbocycles. The van der Waals surface area contributed by atoms with Crippen LogP contribution < -0.4 is 9.47 Å². The molecule has 6 heteroatoms. The van der Waals surface area contributed by atoms with Gasteiger partial charge in [0, 0.05) is 12.3 Å². The number of hydrogen-bond acceptors (Lipinski definition) is 4. The van der Waals surface area contributed by atoms with Gasteiger partial charge in [-0.05, 0) is 18.2 Å². The lowest BCUT2D eigenvalue weighted by molar-refractivity contribution is 0.0688. The van der Waals surface area contributed by atoms with E-state index in [0.717, 1.165) is 0 Å². The fraction of sp³-hybridized carbons (Fsp3) is 0.167. The van der Waals surface area contributed by atoms with Gasteiger partial charge in [0.25, 0.3) is 0 Å². The molecule has 6 nitrogen and oxygen atoms in total. The maximum Gasteiger partial charge on any atom is 0.356 e. The Morgan fingerprint density at radius 2 is 2.17 bits per heavy atom. The summed E-state index contributed by atoms with van der Waals surface area (Å²) < 4.78 is 11.9. The second kappa shape index (κ2) is 5.22. The van der Waals surface area contributed by atoms with Crippen molar-refractivity contribution >= 4 is 5.97 Å². The second-order valence-corrected chi connectivity index (χ2v) is 3.50. The van der Waals surface area contributed by atoms with Crippen LogP contribution >= 0.6 is 0 Å². The highest BCUT2D eigenvalue weighted by atomic mass is 16.5. The first-order valence-corrected chi connectivity index (χ1v) is 5.22. The Labute approximate surface area is 103 Å². The number of carbonyl (C=O) groups is 1. The van der Waals surface area contributed by atoms with E-state index in [1.54, 1.807) is 31.5 Å². The van der Waals surface area contributed by atoms with E-state index in [4.69, 9.17) is 14.6 Å². The quantitative estimate of drug-likeness (QED) is 0.870. The van der Waals surface area contributed by atoms with E-state index in [-0.39, 0.29) is 12.4 Å². The van der Waals surface area contributed by atoms with Gasteiger partial charge >= 0.3 is 5.97 Å². The molecule has 0 saturated carbocycles. The van der Waals surface area contributed by atoms with E-state index in [1.165, 1.54) is 10.7 Å². The van der Waals surface area contributed by atoms with Crippen LogP contribution in [0.25, 0.3) is 0 Å². The first kappa shape index (κ1) is 12.0. The molecule has 0 atom stereocenters. The van der Waals surface area contributed by atoms with Crippen molar-refractivity contribution in [2.45, 2.75) is 6.73 Å². The van der Waals surface area contributed by atoms with Gasteiger partial charge in [0.2, 0.25) is 0 Å². The van der Waals surface area contributed by atoms with Crippen LogP contribution in [0.2, 0.25) is 0 Å². The predicted octanol–water partition coefficient (Wildman–Crippen LogP) is 1.63. The van der Waals surface area contributed by atoms with Crippen LogP contribution in [0.1, 0.15) is 10.5 Å². The molecule has 1 N–H and O–H groups in total. The van der Waals surface area contributed by atoms with Gasteiger partial charge in [0.15, 0.2) is 12.4 Å². The van der Waals surface area contributed by atoms with Crippen LogP contribution in [-0.2, 0) is 6.73 Å². The van der Waals surface area contributed by atoms with Crippen molar-refractivity contribution in [1.29, 1.82) is 0 Å². The van der Waals surface area contributed by atoms with Crippen molar-refractivity contribution < 1.29 is 19.4 Å². The molecule has 0 amide bonds. The van der Waals surface area contributed by atoms with Crippen LogP contribution in [0.3, 0.4) is 0 Å². The summed E-state index contributed by atoms with van der Waals surface area (Å²) in [5.41, 5.74) is -0.00996. The minimum Gasteiger partial charge on any atom is -0.497 e. The Kier molecular flexibility index (Phi) is 3.47. The molecule has 0 spiro atoms. The highest BCUT2D eigenvalue weighted by Crippen LogP contribution is 2.18. The zero-order chi connectivity index (χ0) is 13.0. The molecule has 0 aliphatic heterocycles. The first-order chi connectivity index (χ1) is 8.69. The van der Waals surface area contributed by atoms with E-state index in [2.05, 4.69) is 5.10 Å². The largest absolute Gasteiger partial charge is 0.497 e. The molecule has 18 heavy (non-hydrogen) atoms. The molecule has 1 aromatic heterocycles. The van der Waals surface area contributed by atoms with Crippen molar-refractivity contribution in [2.24, 2.45) is 0 Å². The van der Waals surface area contributed by atoms with Crippen molar-refractivity contribution in [3.8, 4) is 11.5 Å². The Morgan fingerprint density at radius 1 is 1.39 bits per heavy atom. The van der Waals surface area contributed by atoms with Gasteiger partial charge in [0.1, 0.15) is 11.5 Å². The number of carboxylic acids is 1. The van der Waals surface area contributed by atoms with Crippen LogP contribution in [0, 0.1) is 0 Å². The third-order valence-electron chi connectivity index (χ3n) is 2.26. The summed E-state index contributed by atoms with van der Waals surface area (Å²) in [5, 5.41) is 12.5. The lowest BCUT2D eigenvalue weighted by Crippen LogP contribution is -2.07. The van der Waals surface area contributed by atoms with Crippen molar-refractivity contribution in [1.82, 2.24) is 9.78 Å². The highest BCUT2D eigenvalue weighted by molar-refractivity contribution is 5.84. The summed E-state index contributed by atoms with van der Waals surface area (Å²) >= 11 is 0. The van der Waals surface area contributed by atoms with E-state index in [1.807, 2.05) is 6.07 Å². The number of aromatic carboxylic acids is 1. The smallest absolute Gasteiger partial charge is 0.356 e. The van der Waals surface area contributed by atoms with E-state index < -0.39 is 5.97 Å². The topological polar surface area (TPSA) is 73.6 Å². The molecule has 94 valence electrons. The number of benzene rings is 1. The van der Waals surface area contributed by atoms with E-state index in [0.29, 0.717) is 11.5 Å². The van der Waals surface area contributed by atoms with E-state index in [9.17, 15) is 4.79 Å². The molecule has 0 saturated heterocycles.